The highest BCUT2D eigenvalue weighted by molar-refractivity contribution is 6.30. The number of carboxylic acids is 1. The van der Waals surface area contributed by atoms with Crippen molar-refractivity contribution in [2.75, 3.05) is 7.11 Å². The molecule has 0 radical (unpaired) electrons. The van der Waals surface area contributed by atoms with Crippen LogP contribution < -0.4 is 10.2 Å². The van der Waals surface area contributed by atoms with Crippen LogP contribution in [-0.4, -0.2) is 18.2 Å². The first-order valence-electron chi connectivity index (χ1n) is 6.65. The molecule has 0 atom stereocenters. The average molecular weight is 331 g/mol. The number of ether oxygens (including phenoxy) is 1. The molecule has 0 spiro atoms. The molecular formula is C17H11ClO5. The molecule has 0 unspecified atom stereocenters. The first-order chi connectivity index (χ1) is 11.0. The van der Waals surface area contributed by atoms with E-state index in [1.54, 1.807) is 24.3 Å². The van der Waals surface area contributed by atoms with Crippen LogP contribution in [0.1, 0.15) is 10.4 Å². The molecule has 5 nitrogen and oxygen atoms in total. The SMILES string of the molecule is COc1c(-c2ccc(Cl)cc2)oc2ccc(C(=O)O)cc2c1=O. The van der Waals surface area contributed by atoms with Crippen LogP contribution in [0.2, 0.25) is 5.02 Å². The van der Waals surface area contributed by atoms with Crippen molar-refractivity contribution in [2.45, 2.75) is 0 Å². The molecule has 23 heavy (non-hydrogen) atoms. The highest BCUT2D eigenvalue weighted by Crippen LogP contribution is 2.31. The second-order valence-corrected chi connectivity index (χ2v) is 5.25. The van der Waals surface area contributed by atoms with E-state index in [1.165, 1.54) is 25.3 Å². The van der Waals surface area contributed by atoms with Crippen molar-refractivity contribution in [3.05, 3.63) is 63.3 Å². The van der Waals surface area contributed by atoms with Gasteiger partial charge in [-0.2, -0.15) is 0 Å². The Morgan fingerprint density at radius 3 is 2.48 bits per heavy atom. The fraction of sp³-hybridized carbons (Fsp3) is 0.0588. The maximum atomic E-state index is 12.6. The highest BCUT2D eigenvalue weighted by atomic mass is 35.5. The van der Waals surface area contributed by atoms with Crippen LogP contribution in [0.3, 0.4) is 0 Å². The summed E-state index contributed by atoms with van der Waals surface area (Å²) in [5.41, 5.74) is 0.492. The Morgan fingerprint density at radius 1 is 1.17 bits per heavy atom. The van der Waals surface area contributed by atoms with Crippen molar-refractivity contribution >= 4 is 28.5 Å². The van der Waals surface area contributed by atoms with E-state index in [2.05, 4.69) is 0 Å². The third kappa shape index (κ3) is 2.66. The summed E-state index contributed by atoms with van der Waals surface area (Å²) in [6, 6.07) is 10.9. The zero-order chi connectivity index (χ0) is 16.6. The zero-order valence-electron chi connectivity index (χ0n) is 12.0. The predicted molar refractivity (Wildman–Crippen MR) is 86.4 cm³/mol. The number of benzene rings is 2. The van der Waals surface area contributed by atoms with Gasteiger partial charge in [0.1, 0.15) is 5.58 Å². The summed E-state index contributed by atoms with van der Waals surface area (Å²) < 4.78 is 10.9. The first-order valence-corrected chi connectivity index (χ1v) is 7.03. The molecule has 0 saturated heterocycles. The van der Waals surface area contributed by atoms with Gasteiger partial charge in [-0.15, -0.1) is 0 Å². The van der Waals surface area contributed by atoms with E-state index >= 15 is 0 Å². The van der Waals surface area contributed by atoms with Crippen LogP contribution in [-0.2, 0) is 0 Å². The lowest BCUT2D eigenvalue weighted by atomic mass is 10.1. The van der Waals surface area contributed by atoms with Gasteiger partial charge >= 0.3 is 5.97 Å². The van der Waals surface area contributed by atoms with Crippen LogP contribution in [0.15, 0.2) is 51.7 Å². The van der Waals surface area contributed by atoms with Crippen LogP contribution >= 0.6 is 11.6 Å². The summed E-state index contributed by atoms with van der Waals surface area (Å²) in [6.45, 7) is 0. The summed E-state index contributed by atoms with van der Waals surface area (Å²) >= 11 is 5.87. The largest absolute Gasteiger partial charge is 0.490 e. The van der Waals surface area contributed by atoms with Gasteiger partial charge in [-0.25, -0.2) is 4.79 Å². The number of aromatic carboxylic acids is 1. The van der Waals surface area contributed by atoms with Crippen LogP contribution in [0.25, 0.3) is 22.3 Å². The van der Waals surface area contributed by atoms with E-state index in [-0.39, 0.29) is 28.0 Å². The van der Waals surface area contributed by atoms with Gasteiger partial charge in [0.2, 0.25) is 11.2 Å². The summed E-state index contributed by atoms with van der Waals surface area (Å²) in [5, 5.41) is 9.75. The number of carbonyl (C=O) groups is 1. The molecule has 0 saturated carbocycles. The Morgan fingerprint density at radius 2 is 1.87 bits per heavy atom. The quantitative estimate of drug-likeness (QED) is 0.790. The normalized spacial score (nSPS) is 10.7. The highest BCUT2D eigenvalue weighted by Gasteiger charge is 2.18. The zero-order valence-corrected chi connectivity index (χ0v) is 12.8. The van der Waals surface area contributed by atoms with Gasteiger partial charge in [-0.3, -0.25) is 4.79 Å². The van der Waals surface area contributed by atoms with Gasteiger partial charge in [0, 0.05) is 10.6 Å². The maximum absolute atomic E-state index is 12.6. The molecule has 0 amide bonds. The molecule has 3 rings (SSSR count). The van der Waals surface area contributed by atoms with E-state index in [4.69, 9.17) is 25.9 Å². The minimum atomic E-state index is -1.12. The average Bonchev–Trinajstić information content (AvgIpc) is 2.55. The molecule has 1 heterocycles. The van der Waals surface area contributed by atoms with Gasteiger partial charge in [-0.1, -0.05) is 11.6 Å². The maximum Gasteiger partial charge on any atom is 0.335 e. The van der Waals surface area contributed by atoms with Gasteiger partial charge in [0.05, 0.1) is 18.1 Å². The van der Waals surface area contributed by atoms with Crippen molar-refractivity contribution in [1.29, 1.82) is 0 Å². The molecule has 6 heteroatoms. The lowest BCUT2D eigenvalue weighted by Gasteiger charge is -2.09. The number of carboxylic acid groups (broad SMARTS) is 1. The lowest BCUT2D eigenvalue weighted by Crippen LogP contribution is -2.08. The van der Waals surface area contributed by atoms with Crippen molar-refractivity contribution in [3.63, 3.8) is 0 Å². The molecular weight excluding hydrogens is 320 g/mol. The number of hydrogen-bond donors (Lipinski definition) is 1. The van der Waals surface area contributed by atoms with E-state index in [1.807, 2.05) is 0 Å². The molecule has 116 valence electrons. The first kappa shape index (κ1) is 15.1. The Kier molecular flexibility index (Phi) is 3.80. The number of hydrogen-bond acceptors (Lipinski definition) is 4. The summed E-state index contributed by atoms with van der Waals surface area (Å²) in [7, 11) is 1.36. The molecule has 1 N–H and O–H groups in total. The molecule has 1 aromatic heterocycles. The summed E-state index contributed by atoms with van der Waals surface area (Å²) in [4.78, 5) is 23.6. The summed E-state index contributed by atoms with van der Waals surface area (Å²) in [6.07, 6.45) is 0. The van der Waals surface area contributed by atoms with Gasteiger partial charge in [0.15, 0.2) is 5.76 Å². The Balaban J connectivity index is 2.31. The van der Waals surface area contributed by atoms with Crippen LogP contribution in [0.5, 0.6) is 5.75 Å². The Labute approximate surface area is 135 Å². The third-order valence-electron chi connectivity index (χ3n) is 3.41. The monoisotopic (exact) mass is 330 g/mol. The Bertz CT molecular complexity index is 957. The van der Waals surface area contributed by atoms with Crippen LogP contribution in [0, 0.1) is 0 Å². The number of rotatable bonds is 3. The molecule has 0 aliphatic carbocycles. The fourth-order valence-corrected chi connectivity index (χ4v) is 2.41. The smallest absolute Gasteiger partial charge is 0.335 e. The molecule has 3 aromatic rings. The standard InChI is InChI=1S/C17H11ClO5/c1-22-16-14(19)12-8-10(17(20)21)4-7-13(12)23-15(16)9-2-5-11(18)6-3-9/h2-8H,1H3,(H,20,21). The van der Waals surface area contributed by atoms with Gasteiger partial charge in [-0.05, 0) is 42.5 Å². The number of fused-ring (bicyclic) bond motifs is 1. The lowest BCUT2D eigenvalue weighted by molar-refractivity contribution is 0.0697. The Hall–Kier alpha value is -2.79. The summed E-state index contributed by atoms with van der Waals surface area (Å²) in [5.74, 6) is -0.834. The molecule has 2 aromatic carbocycles. The van der Waals surface area contributed by atoms with Crippen molar-refractivity contribution in [1.82, 2.24) is 0 Å². The minimum Gasteiger partial charge on any atom is -0.490 e. The topological polar surface area (TPSA) is 76.7 Å². The fourth-order valence-electron chi connectivity index (χ4n) is 2.29. The van der Waals surface area contributed by atoms with Gasteiger partial charge < -0.3 is 14.3 Å². The van der Waals surface area contributed by atoms with Gasteiger partial charge in [0.25, 0.3) is 0 Å². The van der Waals surface area contributed by atoms with E-state index < -0.39 is 11.4 Å². The van der Waals surface area contributed by atoms with Crippen LogP contribution in [0.4, 0.5) is 0 Å². The third-order valence-corrected chi connectivity index (χ3v) is 3.66. The molecule has 0 aliphatic heterocycles. The second-order valence-electron chi connectivity index (χ2n) is 4.82. The van der Waals surface area contributed by atoms with Crippen molar-refractivity contribution < 1.29 is 19.1 Å². The van der Waals surface area contributed by atoms with Crippen molar-refractivity contribution in [2.24, 2.45) is 0 Å². The molecule has 0 fully saturated rings. The minimum absolute atomic E-state index is 0.00564. The van der Waals surface area contributed by atoms with Crippen molar-refractivity contribution in [3.8, 4) is 17.1 Å². The number of halogens is 1. The predicted octanol–water partition coefficient (Wildman–Crippen LogP) is 3.82. The van der Waals surface area contributed by atoms with E-state index in [0.717, 1.165) is 0 Å². The second kappa shape index (κ2) is 5.78. The number of methoxy groups -OCH3 is 1. The molecule has 0 bridgehead atoms. The molecule has 0 aliphatic rings. The van der Waals surface area contributed by atoms with E-state index in [0.29, 0.717) is 10.6 Å². The van der Waals surface area contributed by atoms with E-state index in [9.17, 15) is 9.59 Å².